The van der Waals surface area contributed by atoms with Crippen LogP contribution < -0.4 is 5.32 Å². The van der Waals surface area contributed by atoms with E-state index in [9.17, 15) is 24.8 Å². The van der Waals surface area contributed by atoms with Gasteiger partial charge >= 0.3 is 11.7 Å². The first-order chi connectivity index (χ1) is 11.8. The minimum Gasteiger partial charge on any atom is -0.502 e. The van der Waals surface area contributed by atoms with Crippen LogP contribution in [0.1, 0.15) is 24.5 Å². The normalized spacial score (nSPS) is 18.7. The van der Waals surface area contributed by atoms with Crippen LogP contribution in [0.25, 0.3) is 0 Å². The molecule has 132 valence electrons. The summed E-state index contributed by atoms with van der Waals surface area (Å²) >= 11 is 0.926. The quantitative estimate of drug-likeness (QED) is 0.389. The summed E-state index contributed by atoms with van der Waals surface area (Å²) in [6, 6.07) is 2.82. The Morgan fingerprint density at radius 2 is 2.24 bits per heavy atom. The van der Waals surface area contributed by atoms with Crippen LogP contribution in [0.2, 0.25) is 0 Å². The summed E-state index contributed by atoms with van der Waals surface area (Å²) in [5, 5.41) is 38.8. The summed E-state index contributed by atoms with van der Waals surface area (Å²) in [5.74, 6) is -2.11. The number of carbonyl (C=O) groups excluding carboxylic acids is 1. The number of hydrogen-bond donors (Lipinski definition) is 3. The topological polar surface area (TPSA) is 154 Å². The average molecular weight is 366 g/mol. The molecule has 0 aliphatic carbocycles. The molecule has 1 aromatic carbocycles. The molecule has 1 aliphatic heterocycles. The number of nitrogens with one attached hydrogen (secondary N) is 1. The molecule has 1 unspecified atom stereocenters. The van der Waals surface area contributed by atoms with Crippen LogP contribution in [0, 0.1) is 10.1 Å². The predicted molar refractivity (Wildman–Crippen MR) is 90.9 cm³/mol. The van der Waals surface area contributed by atoms with Gasteiger partial charge in [0.1, 0.15) is 5.25 Å². The van der Waals surface area contributed by atoms with Crippen molar-refractivity contribution in [3.05, 3.63) is 33.4 Å². The Hall–Kier alpha value is -2.95. The summed E-state index contributed by atoms with van der Waals surface area (Å²) in [6.07, 6.45) is 1.32. The Morgan fingerprint density at radius 1 is 1.52 bits per heavy atom. The molecule has 1 aromatic rings. The van der Waals surface area contributed by atoms with Gasteiger partial charge in [0.2, 0.25) is 11.7 Å². The van der Waals surface area contributed by atoms with Crippen LogP contribution in [0.15, 0.2) is 22.3 Å². The van der Waals surface area contributed by atoms with Crippen molar-refractivity contribution in [1.82, 2.24) is 5.32 Å². The van der Waals surface area contributed by atoms with Crippen LogP contribution in [-0.4, -0.2) is 43.6 Å². The lowest BCUT2D eigenvalue weighted by Crippen LogP contribution is -2.26. The molecule has 2 rings (SSSR count). The Morgan fingerprint density at radius 3 is 2.84 bits per heavy atom. The highest BCUT2D eigenvalue weighted by Crippen LogP contribution is 2.30. The van der Waals surface area contributed by atoms with Crippen molar-refractivity contribution < 1.29 is 24.7 Å². The molecule has 0 bridgehead atoms. The lowest BCUT2D eigenvalue weighted by molar-refractivity contribution is -0.385. The maximum Gasteiger partial charge on any atom is 0.311 e. The number of aryl methyl sites for hydroxylation is 1. The van der Waals surface area contributed by atoms with Crippen LogP contribution in [0.4, 0.5) is 5.69 Å². The number of benzene rings is 1. The third-order valence-corrected chi connectivity index (χ3v) is 4.34. The largest absolute Gasteiger partial charge is 0.502 e. The van der Waals surface area contributed by atoms with E-state index in [1.165, 1.54) is 6.07 Å². The molecule has 10 nitrogen and oxygen atoms in total. The number of phenolic OH excluding ortho intramolecular Hbond substituents is 1. The summed E-state index contributed by atoms with van der Waals surface area (Å²) < 4.78 is 0. The fourth-order valence-corrected chi connectivity index (χ4v) is 2.95. The number of hydrogen-bond acceptors (Lipinski definition) is 8. The monoisotopic (exact) mass is 366 g/mol. The van der Waals surface area contributed by atoms with Gasteiger partial charge in [0.05, 0.1) is 17.6 Å². The molecule has 1 amide bonds. The van der Waals surface area contributed by atoms with E-state index in [1.54, 1.807) is 6.07 Å². The molecule has 0 saturated carbocycles. The van der Waals surface area contributed by atoms with Crippen LogP contribution in [0.3, 0.4) is 0 Å². The van der Waals surface area contributed by atoms with Crippen LogP contribution in [0.5, 0.6) is 5.75 Å². The molecular weight excluding hydrogens is 352 g/mol. The molecule has 1 atom stereocenters. The zero-order valence-electron chi connectivity index (χ0n) is 13.0. The third-order valence-electron chi connectivity index (χ3n) is 3.27. The smallest absolute Gasteiger partial charge is 0.311 e. The van der Waals surface area contributed by atoms with Crippen molar-refractivity contribution in [2.75, 3.05) is 0 Å². The number of carboxylic acids is 1. The predicted octanol–water partition coefficient (Wildman–Crippen LogP) is 1.26. The van der Waals surface area contributed by atoms with Gasteiger partial charge in [-0.1, -0.05) is 18.7 Å². The number of phenols is 1. The Labute approximate surface area is 145 Å². The number of aliphatic carboxylic acids is 1. The summed E-state index contributed by atoms with van der Waals surface area (Å²) in [5.41, 5.74) is 0.328. The first kappa shape index (κ1) is 18.4. The van der Waals surface area contributed by atoms with E-state index < -0.39 is 33.5 Å². The number of aromatic hydroxyl groups is 1. The minimum atomic E-state index is -1.11. The highest BCUT2D eigenvalue weighted by Gasteiger charge is 2.32. The number of nitro groups is 1. The fraction of sp³-hybridized carbons (Fsp3) is 0.286. The molecule has 0 radical (unpaired) electrons. The average Bonchev–Trinajstić information content (AvgIpc) is 2.87. The highest BCUT2D eigenvalue weighted by molar-refractivity contribution is 8.15. The second kappa shape index (κ2) is 7.75. The highest BCUT2D eigenvalue weighted by atomic mass is 32.2. The molecular formula is C14H14N4O6S. The maximum atomic E-state index is 11.6. The van der Waals surface area contributed by atoms with Crippen molar-refractivity contribution in [3.63, 3.8) is 0 Å². The van der Waals surface area contributed by atoms with Gasteiger partial charge in [-0.3, -0.25) is 19.7 Å². The van der Waals surface area contributed by atoms with Gasteiger partial charge in [-0.15, -0.1) is 5.10 Å². The van der Waals surface area contributed by atoms with E-state index in [-0.39, 0.29) is 17.2 Å². The van der Waals surface area contributed by atoms with Crippen molar-refractivity contribution in [2.24, 2.45) is 10.2 Å². The van der Waals surface area contributed by atoms with E-state index in [0.29, 0.717) is 12.0 Å². The summed E-state index contributed by atoms with van der Waals surface area (Å²) in [4.78, 5) is 32.5. The lowest BCUT2D eigenvalue weighted by Gasteiger charge is -2.03. The Balaban J connectivity index is 2.20. The van der Waals surface area contributed by atoms with Gasteiger partial charge in [-0.2, -0.15) is 5.10 Å². The van der Waals surface area contributed by atoms with Crippen molar-refractivity contribution in [1.29, 1.82) is 0 Å². The lowest BCUT2D eigenvalue weighted by atomic mass is 10.1. The van der Waals surface area contributed by atoms with E-state index in [0.717, 1.165) is 18.0 Å². The van der Waals surface area contributed by atoms with Crippen molar-refractivity contribution in [3.8, 4) is 5.75 Å². The van der Waals surface area contributed by atoms with Crippen molar-refractivity contribution in [2.45, 2.75) is 25.0 Å². The number of thioether (sulfide) groups is 1. The van der Waals surface area contributed by atoms with Gasteiger partial charge in [-0.05, 0) is 18.1 Å². The molecule has 1 heterocycles. The number of carboxylic acid groups (broad SMARTS) is 1. The van der Waals surface area contributed by atoms with E-state index >= 15 is 0 Å². The number of amides is 1. The Bertz CT molecular complexity index is 792. The molecule has 3 N–H and O–H groups in total. The Kier molecular flexibility index (Phi) is 5.70. The van der Waals surface area contributed by atoms with E-state index in [4.69, 9.17) is 5.11 Å². The number of amidine groups is 1. The number of nitro benzene ring substituents is 1. The van der Waals surface area contributed by atoms with E-state index in [1.807, 2.05) is 6.92 Å². The van der Waals surface area contributed by atoms with E-state index in [2.05, 4.69) is 15.5 Å². The zero-order chi connectivity index (χ0) is 18.6. The van der Waals surface area contributed by atoms with Crippen LogP contribution >= 0.6 is 11.8 Å². The number of carbonyl (C=O) groups is 2. The number of nitrogens with zero attached hydrogens (tertiary/aromatic N) is 3. The standard InChI is InChI=1S/C14H14N4O6S/c1-2-7-3-8(12(21)9(4-7)18(23)24)6-15-17-14-16-13(22)10(25-14)5-11(19)20/h3-4,6,10,21H,2,5H2,1H3,(H,19,20)(H,16,17,22). The molecule has 25 heavy (non-hydrogen) atoms. The van der Waals surface area contributed by atoms with Crippen molar-refractivity contribution >= 4 is 40.7 Å². The maximum absolute atomic E-state index is 11.6. The summed E-state index contributed by atoms with van der Waals surface area (Å²) in [7, 11) is 0. The zero-order valence-corrected chi connectivity index (χ0v) is 13.8. The SMILES string of the molecule is CCc1cc(C=NN=C2NC(=O)C(CC(=O)O)S2)c(O)c([N+](=O)[O-])c1. The summed E-state index contributed by atoms with van der Waals surface area (Å²) in [6.45, 7) is 1.81. The first-order valence-corrected chi connectivity index (χ1v) is 8.00. The van der Waals surface area contributed by atoms with Gasteiger partial charge in [0.15, 0.2) is 5.17 Å². The van der Waals surface area contributed by atoms with Gasteiger partial charge in [0.25, 0.3) is 0 Å². The van der Waals surface area contributed by atoms with Crippen LogP contribution in [-0.2, 0) is 16.0 Å². The molecule has 1 saturated heterocycles. The first-order valence-electron chi connectivity index (χ1n) is 7.12. The molecule has 1 fully saturated rings. The third kappa shape index (κ3) is 4.53. The number of rotatable bonds is 6. The van der Waals surface area contributed by atoms with Gasteiger partial charge in [-0.25, -0.2) is 0 Å². The second-order valence-electron chi connectivity index (χ2n) is 5.01. The fourth-order valence-electron chi connectivity index (χ4n) is 2.03. The minimum absolute atomic E-state index is 0.117. The molecule has 1 aliphatic rings. The second-order valence-corrected chi connectivity index (χ2v) is 6.20. The molecule has 0 spiro atoms. The molecule has 0 aromatic heterocycles. The van der Waals surface area contributed by atoms with Gasteiger partial charge in [0, 0.05) is 11.6 Å². The van der Waals surface area contributed by atoms with Gasteiger partial charge < -0.3 is 15.5 Å². The molecule has 11 heteroatoms.